The van der Waals surface area contributed by atoms with Gasteiger partial charge in [0.25, 0.3) is 5.91 Å². The number of aromatic nitrogens is 1. The summed E-state index contributed by atoms with van der Waals surface area (Å²) in [5, 5.41) is 5.13. The molecule has 0 bridgehead atoms. The second-order valence-electron chi connectivity index (χ2n) is 7.78. The molecule has 1 N–H and O–H groups in total. The summed E-state index contributed by atoms with van der Waals surface area (Å²) in [6.07, 6.45) is 3.72. The van der Waals surface area contributed by atoms with Gasteiger partial charge < -0.3 is 14.2 Å². The number of carbonyl (C=O) groups excluding carboxylic acids is 2. The van der Waals surface area contributed by atoms with Gasteiger partial charge in [0.15, 0.2) is 5.13 Å². The number of anilines is 1. The lowest BCUT2D eigenvalue weighted by molar-refractivity contribution is -0.134. The zero-order valence-corrected chi connectivity index (χ0v) is 18.3. The lowest BCUT2D eigenvalue weighted by Gasteiger charge is -2.37. The van der Waals surface area contributed by atoms with Crippen molar-refractivity contribution in [1.29, 1.82) is 0 Å². The van der Waals surface area contributed by atoms with Crippen molar-refractivity contribution in [3.05, 3.63) is 71.1 Å². The molecule has 2 aromatic heterocycles. The minimum absolute atomic E-state index is 0.0252. The number of hydrogen-bond acceptors (Lipinski definition) is 6. The summed E-state index contributed by atoms with van der Waals surface area (Å²) >= 11 is 1.33. The largest absolute Gasteiger partial charge is 0.467 e. The minimum atomic E-state index is -0.210. The monoisotopic (exact) mass is 438 g/mol. The van der Waals surface area contributed by atoms with E-state index >= 15 is 0 Å². The van der Waals surface area contributed by atoms with Crippen LogP contribution in [0, 0.1) is 0 Å². The Labute approximate surface area is 185 Å². The SMILES string of the molecule is CN1CCC(N(Cc2ccco2)C(=O)Cc2csc(NC(=O)c3ccccc3)n2)CC1. The highest BCUT2D eigenvalue weighted by atomic mass is 32.1. The van der Waals surface area contributed by atoms with Gasteiger partial charge in [0.1, 0.15) is 5.76 Å². The highest BCUT2D eigenvalue weighted by Gasteiger charge is 2.28. The molecule has 1 aliphatic heterocycles. The van der Waals surface area contributed by atoms with Crippen LogP contribution in [0.15, 0.2) is 58.5 Å². The number of carbonyl (C=O) groups is 2. The van der Waals surface area contributed by atoms with Crippen LogP contribution in [0.4, 0.5) is 5.13 Å². The molecule has 1 fully saturated rings. The molecule has 1 aliphatic rings. The number of nitrogens with zero attached hydrogens (tertiary/aromatic N) is 3. The summed E-state index contributed by atoms with van der Waals surface area (Å²) in [5.74, 6) is 0.595. The summed E-state index contributed by atoms with van der Waals surface area (Å²) in [5.41, 5.74) is 1.23. The topological polar surface area (TPSA) is 78.7 Å². The molecule has 0 aliphatic carbocycles. The fourth-order valence-corrected chi connectivity index (χ4v) is 4.46. The molecule has 31 heavy (non-hydrogen) atoms. The number of amides is 2. The van der Waals surface area contributed by atoms with Crippen LogP contribution in [-0.2, 0) is 17.8 Å². The van der Waals surface area contributed by atoms with Gasteiger partial charge >= 0.3 is 0 Å². The molecule has 4 rings (SSSR count). The van der Waals surface area contributed by atoms with Crippen LogP contribution in [0.3, 0.4) is 0 Å². The summed E-state index contributed by atoms with van der Waals surface area (Å²) in [6, 6.07) is 12.9. The van der Waals surface area contributed by atoms with Gasteiger partial charge in [-0.25, -0.2) is 4.98 Å². The van der Waals surface area contributed by atoms with Gasteiger partial charge in [0, 0.05) is 17.0 Å². The molecule has 3 aromatic rings. The summed E-state index contributed by atoms with van der Waals surface area (Å²) in [7, 11) is 2.11. The first kappa shape index (κ1) is 21.3. The van der Waals surface area contributed by atoms with Crippen LogP contribution in [0.5, 0.6) is 0 Å². The summed E-state index contributed by atoms with van der Waals surface area (Å²) in [4.78, 5) is 34.2. The number of benzene rings is 1. The second kappa shape index (κ2) is 9.89. The zero-order valence-electron chi connectivity index (χ0n) is 17.5. The number of nitrogens with one attached hydrogen (secondary N) is 1. The van der Waals surface area contributed by atoms with Gasteiger partial charge in [-0.2, -0.15) is 0 Å². The Hall–Kier alpha value is -2.97. The predicted molar refractivity (Wildman–Crippen MR) is 120 cm³/mol. The average Bonchev–Trinajstić information content (AvgIpc) is 3.45. The van der Waals surface area contributed by atoms with E-state index in [0.29, 0.717) is 22.9 Å². The van der Waals surface area contributed by atoms with E-state index in [4.69, 9.17) is 4.42 Å². The maximum absolute atomic E-state index is 13.2. The first-order valence-electron chi connectivity index (χ1n) is 10.4. The minimum Gasteiger partial charge on any atom is -0.467 e. The molecule has 2 amide bonds. The number of thiazole rings is 1. The third-order valence-electron chi connectivity index (χ3n) is 5.50. The van der Waals surface area contributed by atoms with Crippen molar-refractivity contribution in [3.63, 3.8) is 0 Å². The Kier molecular flexibility index (Phi) is 6.79. The number of piperidine rings is 1. The fraction of sp³-hybridized carbons (Fsp3) is 0.348. The van der Waals surface area contributed by atoms with E-state index in [0.717, 1.165) is 31.7 Å². The molecule has 0 radical (unpaired) electrons. The average molecular weight is 439 g/mol. The van der Waals surface area contributed by atoms with E-state index in [9.17, 15) is 9.59 Å². The summed E-state index contributed by atoms with van der Waals surface area (Å²) < 4.78 is 5.50. The summed E-state index contributed by atoms with van der Waals surface area (Å²) in [6.45, 7) is 2.40. The second-order valence-corrected chi connectivity index (χ2v) is 8.63. The highest BCUT2D eigenvalue weighted by molar-refractivity contribution is 7.14. The van der Waals surface area contributed by atoms with E-state index in [1.165, 1.54) is 11.3 Å². The first-order chi connectivity index (χ1) is 15.1. The Balaban J connectivity index is 1.41. The molecule has 0 unspecified atom stereocenters. The van der Waals surface area contributed by atoms with Crippen molar-refractivity contribution >= 4 is 28.3 Å². The molecule has 1 aromatic carbocycles. The normalized spacial score (nSPS) is 15.0. The van der Waals surface area contributed by atoms with Gasteiger partial charge in [-0.3, -0.25) is 14.9 Å². The fourth-order valence-electron chi connectivity index (χ4n) is 3.76. The predicted octanol–water partition coefficient (Wildman–Crippen LogP) is 3.65. The van der Waals surface area contributed by atoms with Crippen molar-refractivity contribution in [2.75, 3.05) is 25.5 Å². The van der Waals surface area contributed by atoms with E-state index in [2.05, 4.69) is 22.2 Å². The number of rotatable bonds is 7. The maximum Gasteiger partial charge on any atom is 0.257 e. The van der Waals surface area contributed by atoms with E-state index < -0.39 is 0 Å². The smallest absolute Gasteiger partial charge is 0.257 e. The van der Waals surface area contributed by atoms with Gasteiger partial charge in [-0.1, -0.05) is 18.2 Å². The maximum atomic E-state index is 13.2. The van der Waals surface area contributed by atoms with Crippen molar-refractivity contribution in [2.45, 2.75) is 31.8 Å². The van der Waals surface area contributed by atoms with Crippen molar-refractivity contribution in [3.8, 4) is 0 Å². The number of furan rings is 1. The van der Waals surface area contributed by atoms with E-state index in [1.807, 2.05) is 40.6 Å². The third-order valence-corrected chi connectivity index (χ3v) is 6.30. The van der Waals surface area contributed by atoms with Gasteiger partial charge in [0.05, 0.1) is 24.9 Å². The van der Waals surface area contributed by atoms with Gasteiger partial charge in [-0.05, 0) is 57.2 Å². The molecule has 0 atom stereocenters. The van der Waals surface area contributed by atoms with Crippen LogP contribution in [-0.4, -0.2) is 52.8 Å². The molecule has 162 valence electrons. The van der Waals surface area contributed by atoms with Crippen LogP contribution in [0.25, 0.3) is 0 Å². The van der Waals surface area contributed by atoms with Gasteiger partial charge in [0.2, 0.25) is 5.91 Å². The quantitative estimate of drug-likeness (QED) is 0.609. The third kappa shape index (κ3) is 5.59. The standard InChI is InChI=1S/C23H26N4O3S/c1-26-11-9-19(10-12-26)27(15-20-8-5-13-30-20)21(28)14-18-16-31-23(24-18)25-22(29)17-6-3-2-4-7-17/h2-8,13,16,19H,9-12,14-15H2,1H3,(H,24,25,29). The molecule has 7 nitrogen and oxygen atoms in total. The van der Waals surface area contributed by atoms with Crippen molar-refractivity contribution in [2.24, 2.45) is 0 Å². The number of hydrogen-bond donors (Lipinski definition) is 1. The molecule has 8 heteroatoms. The molecular weight excluding hydrogens is 412 g/mol. The van der Waals surface area contributed by atoms with Crippen LogP contribution in [0.2, 0.25) is 0 Å². The molecule has 1 saturated heterocycles. The Morgan fingerprint density at radius 2 is 1.97 bits per heavy atom. The van der Waals surface area contributed by atoms with E-state index in [1.54, 1.807) is 18.4 Å². The van der Waals surface area contributed by atoms with E-state index in [-0.39, 0.29) is 24.3 Å². The Morgan fingerprint density at radius 3 is 2.68 bits per heavy atom. The van der Waals surface area contributed by atoms with Crippen LogP contribution < -0.4 is 5.32 Å². The number of likely N-dealkylation sites (tertiary alicyclic amines) is 1. The van der Waals surface area contributed by atoms with Gasteiger partial charge in [-0.15, -0.1) is 11.3 Å². The highest BCUT2D eigenvalue weighted by Crippen LogP contribution is 2.22. The Bertz CT molecular complexity index is 995. The lowest BCUT2D eigenvalue weighted by Crippen LogP contribution is -2.46. The first-order valence-corrected chi connectivity index (χ1v) is 11.3. The lowest BCUT2D eigenvalue weighted by atomic mass is 10.0. The van der Waals surface area contributed by atoms with Crippen LogP contribution >= 0.6 is 11.3 Å². The molecule has 3 heterocycles. The van der Waals surface area contributed by atoms with Crippen molar-refractivity contribution in [1.82, 2.24) is 14.8 Å². The zero-order chi connectivity index (χ0) is 21.6. The molecular formula is C23H26N4O3S. The van der Waals surface area contributed by atoms with Crippen molar-refractivity contribution < 1.29 is 14.0 Å². The molecule has 0 spiro atoms. The molecule has 0 saturated carbocycles. The van der Waals surface area contributed by atoms with Crippen LogP contribution in [0.1, 0.15) is 34.7 Å². The Morgan fingerprint density at radius 1 is 1.19 bits per heavy atom.